The molecule has 1 aromatic rings. The van der Waals surface area contributed by atoms with Crippen molar-refractivity contribution in [3.8, 4) is 0 Å². The zero-order valence-corrected chi connectivity index (χ0v) is 14.1. The van der Waals surface area contributed by atoms with E-state index in [4.69, 9.17) is 4.74 Å². The SMILES string of the molecule is CC(C)OC(=O)CN1CCN(S(=O)(=O)c2cccc(F)c2)CC1. The number of halogens is 1. The number of benzene rings is 1. The third-order valence-electron chi connectivity index (χ3n) is 3.48. The highest BCUT2D eigenvalue weighted by molar-refractivity contribution is 7.89. The van der Waals surface area contributed by atoms with Gasteiger partial charge in [-0.3, -0.25) is 9.69 Å². The van der Waals surface area contributed by atoms with Gasteiger partial charge in [0, 0.05) is 26.2 Å². The Bertz CT molecular complexity index is 655. The van der Waals surface area contributed by atoms with E-state index in [1.54, 1.807) is 13.8 Å². The molecule has 128 valence electrons. The van der Waals surface area contributed by atoms with Gasteiger partial charge < -0.3 is 4.74 Å². The predicted molar refractivity (Wildman–Crippen MR) is 82.8 cm³/mol. The van der Waals surface area contributed by atoms with E-state index < -0.39 is 15.8 Å². The first-order valence-electron chi connectivity index (χ1n) is 7.46. The van der Waals surface area contributed by atoms with Crippen molar-refractivity contribution in [2.45, 2.75) is 24.8 Å². The summed E-state index contributed by atoms with van der Waals surface area (Å²) in [6.07, 6.45) is -0.169. The summed E-state index contributed by atoms with van der Waals surface area (Å²) < 4.78 is 44.5. The van der Waals surface area contributed by atoms with Crippen LogP contribution in [-0.4, -0.2) is 62.4 Å². The van der Waals surface area contributed by atoms with Crippen LogP contribution in [0.1, 0.15) is 13.8 Å². The molecule has 0 N–H and O–H groups in total. The summed E-state index contributed by atoms with van der Waals surface area (Å²) in [6.45, 7) is 5.08. The molecule has 2 rings (SSSR count). The molecule has 1 aliphatic rings. The summed E-state index contributed by atoms with van der Waals surface area (Å²) in [5.41, 5.74) is 0. The Morgan fingerprint density at radius 2 is 1.91 bits per heavy atom. The van der Waals surface area contributed by atoms with Gasteiger partial charge in [-0.15, -0.1) is 0 Å². The van der Waals surface area contributed by atoms with Crippen molar-refractivity contribution < 1.29 is 22.3 Å². The summed E-state index contributed by atoms with van der Waals surface area (Å²) in [4.78, 5) is 13.4. The molecule has 0 bridgehead atoms. The van der Waals surface area contributed by atoms with E-state index in [0.29, 0.717) is 13.1 Å². The third-order valence-corrected chi connectivity index (χ3v) is 5.38. The Balaban J connectivity index is 1.95. The smallest absolute Gasteiger partial charge is 0.320 e. The number of hydrogen-bond donors (Lipinski definition) is 0. The largest absolute Gasteiger partial charge is 0.462 e. The fourth-order valence-corrected chi connectivity index (χ4v) is 3.84. The fourth-order valence-electron chi connectivity index (χ4n) is 2.39. The lowest BCUT2D eigenvalue weighted by atomic mass is 10.3. The normalized spacial score (nSPS) is 17.4. The number of esters is 1. The van der Waals surface area contributed by atoms with Crippen LogP contribution in [0.4, 0.5) is 4.39 Å². The molecule has 0 radical (unpaired) electrons. The highest BCUT2D eigenvalue weighted by Gasteiger charge is 2.29. The summed E-state index contributed by atoms with van der Waals surface area (Å²) in [7, 11) is -3.70. The highest BCUT2D eigenvalue weighted by Crippen LogP contribution is 2.18. The van der Waals surface area contributed by atoms with Crippen LogP contribution in [0.3, 0.4) is 0 Å². The second-order valence-corrected chi connectivity index (χ2v) is 7.61. The van der Waals surface area contributed by atoms with E-state index in [0.717, 1.165) is 6.07 Å². The molecule has 8 heteroatoms. The molecule has 1 fully saturated rings. The predicted octanol–water partition coefficient (Wildman–Crippen LogP) is 1.08. The summed E-state index contributed by atoms with van der Waals surface area (Å²) >= 11 is 0. The van der Waals surface area contributed by atoms with Gasteiger partial charge in [-0.1, -0.05) is 6.07 Å². The Kier molecular flexibility index (Phi) is 5.72. The number of rotatable bonds is 5. The molecule has 6 nitrogen and oxygen atoms in total. The van der Waals surface area contributed by atoms with Gasteiger partial charge in [0.2, 0.25) is 10.0 Å². The van der Waals surface area contributed by atoms with Crippen LogP contribution < -0.4 is 0 Å². The molecule has 0 unspecified atom stereocenters. The highest BCUT2D eigenvalue weighted by atomic mass is 32.2. The van der Waals surface area contributed by atoms with Crippen LogP contribution >= 0.6 is 0 Å². The maximum atomic E-state index is 13.2. The zero-order chi connectivity index (χ0) is 17.0. The minimum absolute atomic E-state index is 0.0508. The van der Waals surface area contributed by atoms with Crippen LogP contribution in [0.5, 0.6) is 0 Å². The van der Waals surface area contributed by atoms with Gasteiger partial charge in [0.1, 0.15) is 5.82 Å². The first-order chi connectivity index (χ1) is 10.8. The van der Waals surface area contributed by atoms with Crippen molar-refractivity contribution in [1.29, 1.82) is 0 Å². The topological polar surface area (TPSA) is 66.9 Å². The molecule has 1 aliphatic heterocycles. The molecule has 1 heterocycles. The van der Waals surface area contributed by atoms with Gasteiger partial charge in [-0.05, 0) is 32.0 Å². The number of hydrogen-bond acceptors (Lipinski definition) is 5. The lowest BCUT2D eigenvalue weighted by Gasteiger charge is -2.33. The molecule has 0 atom stereocenters. The lowest BCUT2D eigenvalue weighted by Crippen LogP contribution is -2.50. The quantitative estimate of drug-likeness (QED) is 0.748. The number of piperazine rings is 1. The molecule has 0 aromatic heterocycles. The van der Waals surface area contributed by atoms with Crippen LogP contribution in [-0.2, 0) is 19.6 Å². The Hall–Kier alpha value is -1.51. The molecular formula is C15H21FN2O4S. The third kappa shape index (κ3) is 4.73. The molecule has 0 amide bonds. The second kappa shape index (κ2) is 7.37. The standard InChI is InChI=1S/C15H21FN2O4S/c1-12(2)22-15(19)11-17-6-8-18(9-7-17)23(20,21)14-5-3-4-13(16)10-14/h3-5,10,12H,6-9,11H2,1-2H3. The number of nitrogens with zero attached hydrogens (tertiary/aromatic N) is 2. The maximum Gasteiger partial charge on any atom is 0.320 e. The van der Waals surface area contributed by atoms with Gasteiger partial charge in [0.15, 0.2) is 0 Å². The van der Waals surface area contributed by atoms with Gasteiger partial charge in [0.05, 0.1) is 17.5 Å². The van der Waals surface area contributed by atoms with Gasteiger partial charge in [0.25, 0.3) is 0 Å². The van der Waals surface area contributed by atoms with Gasteiger partial charge in [-0.25, -0.2) is 12.8 Å². The van der Waals surface area contributed by atoms with Crippen molar-refractivity contribution in [3.05, 3.63) is 30.1 Å². The zero-order valence-electron chi connectivity index (χ0n) is 13.2. The van der Waals surface area contributed by atoms with Crippen LogP contribution in [0.25, 0.3) is 0 Å². The van der Waals surface area contributed by atoms with Crippen LogP contribution in [0.15, 0.2) is 29.2 Å². The monoisotopic (exact) mass is 344 g/mol. The summed E-state index contributed by atoms with van der Waals surface area (Å²) in [5, 5.41) is 0. The Labute approximate surface area is 135 Å². The molecule has 1 aromatic carbocycles. The number of ether oxygens (including phenoxy) is 1. The van der Waals surface area contributed by atoms with Crippen molar-refractivity contribution in [2.75, 3.05) is 32.7 Å². The van der Waals surface area contributed by atoms with Crippen LogP contribution in [0.2, 0.25) is 0 Å². The number of carbonyl (C=O) groups excluding carboxylic acids is 1. The summed E-state index contributed by atoms with van der Waals surface area (Å²) in [5.74, 6) is -0.900. The van der Waals surface area contributed by atoms with E-state index in [1.165, 1.54) is 22.5 Å². The summed E-state index contributed by atoms with van der Waals surface area (Å²) in [6, 6.07) is 4.98. The van der Waals surface area contributed by atoms with Crippen molar-refractivity contribution in [2.24, 2.45) is 0 Å². The van der Waals surface area contributed by atoms with Gasteiger partial charge >= 0.3 is 5.97 Å². The average Bonchev–Trinajstić information content (AvgIpc) is 2.47. The number of sulfonamides is 1. The Morgan fingerprint density at radius 1 is 1.26 bits per heavy atom. The fraction of sp³-hybridized carbons (Fsp3) is 0.533. The maximum absolute atomic E-state index is 13.2. The number of carbonyl (C=O) groups is 1. The van der Waals surface area contributed by atoms with E-state index >= 15 is 0 Å². The first kappa shape index (κ1) is 17.8. The van der Waals surface area contributed by atoms with Crippen LogP contribution in [0, 0.1) is 5.82 Å². The average molecular weight is 344 g/mol. The second-order valence-electron chi connectivity index (χ2n) is 5.68. The molecular weight excluding hydrogens is 323 g/mol. The van der Waals surface area contributed by atoms with Crippen molar-refractivity contribution >= 4 is 16.0 Å². The molecule has 0 saturated carbocycles. The minimum atomic E-state index is -3.70. The lowest BCUT2D eigenvalue weighted by molar-refractivity contribution is -0.148. The van der Waals surface area contributed by atoms with E-state index in [1.807, 2.05) is 4.90 Å². The van der Waals surface area contributed by atoms with E-state index in [9.17, 15) is 17.6 Å². The first-order valence-corrected chi connectivity index (χ1v) is 8.90. The molecule has 0 aliphatic carbocycles. The molecule has 0 spiro atoms. The van der Waals surface area contributed by atoms with Crippen molar-refractivity contribution in [3.63, 3.8) is 0 Å². The Morgan fingerprint density at radius 3 is 2.48 bits per heavy atom. The van der Waals surface area contributed by atoms with E-state index in [2.05, 4.69) is 0 Å². The molecule has 1 saturated heterocycles. The minimum Gasteiger partial charge on any atom is -0.462 e. The van der Waals surface area contributed by atoms with E-state index in [-0.39, 0.29) is 36.6 Å². The van der Waals surface area contributed by atoms with Gasteiger partial charge in [-0.2, -0.15) is 4.31 Å². The van der Waals surface area contributed by atoms with Crippen molar-refractivity contribution in [1.82, 2.24) is 9.21 Å². The molecule has 23 heavy (non-hydrogen) atoms.